The average molecular weight is 344 g/mol. The van der Waals surface area contributed by atoms with Gasteiger partial charge in [0.25, 0.3) is 0 Å². The Morgan fingerprint density at radius 1 is 1.26 bits per heavy atom. The fourth-order valence-corrected chi connectivity index (χ4v) is 3.38. The molecule has 1 aromatic carbocycles. The van der Waals surface area contributed by atoms with E-state index in [9.17, 15) is 4.79 Å². The number of hydrogen-bond acceptors (Lipinski definition) is 4. The van der Waals surface area contributed by atoms with Gasteiger partial charge < -0.3 is 5.32 Å². The van der Waals surface area contributed by atoms with Crippen molar-refractivity contribution in [3.05, 3.63) is 64.4 Å². The SMILES string of the molecule is Cc1nc(-c2ccncc2)sc1CC(=O)Nc1cccc(Cl)c1. The van der Waals surface area contributed by atoms with Gasteiger partial charge >= 0.3 is 0 Å². The van der Waals surface area contributed by atoms with E-state index in [2.05, 4.69) is 15.3 Å². The number of anilines is 1. The van der Waals surface area contributed by atoms with Gasteiger partial charge in [0.1, 0.15) is 5.01 Å². The number of thiazole rings is 1. The second kappa shape index (κ2) is 6.89. The van der Waals surface area contributed by atoms with Crippen LogP contribution in [0.4, 0.5) is 5.69 Å². The minimum Gasteiger partial charge on any atom is -0.326 e. The number of rotatable bonds is 4. The Morgan fingerprint density at radius 2 is 2.04 bits per heavy atom. The second-order valence-corrected chi connectivity index (χ2v) is 6.52. The number of amides is 1. The minimum absolute atomic E-state index is 0.0831. The first-order chi connectivity index (χ1) is 11.1. The first kappa shape index (κ1) is 15.6. The molecule has 3 aromatic rings. The van der Waals surface area contributed by atoms with Gasteiger partial charge in [-0.2, -0.15) is 0 Å². The maximum atomic E-state index is 12.2. The van der Waals surface area contributed by atoms with Crippen LogP contribution in [0.5, 0.6) is 0 Å². The lowest BCUT2D eigenvalue weighted by Gasteiger charge is -2.04. The van der Waals surface area contributed by atoms with E-state index in [4.69, 9.17) is 11.6 Å². The van der Waals surface area contributed by atoms with Crippen LogP contribution in [0.2, 0.25) is 5.02 Å². The number of carbonyl (C=O) groups is 1. The van der Waals surface area contributed by atoms with E-state index in [1.165, 1.54) is 11.3 Å². The zero-order valence-electron chi connectivity index (χ0n) is 12.4. The van der Waals surface area contributed by atoms with Crippen molar-refractivity contribution in [3.63, 3.8) is 0 Å². The van der Waals surface area contributed by atoms with Crippen molar-refractivity contribution in [1.82, 2.24) is 9.97 Å². The van der Waals surface area contributed by atoms with Crippen LogP contribution in [0.25, 0.3) is 10.6 Å². The van der Waals surface area contributed by atoms with Crippen LogP contribution in [0.15, 0.2) is 48.8 Å². The van der Waals surface area contributed by atoms with Gasteiger partial charge in [0.2, 0.25) is 5.91 Å². The summed E-state index contributed by atoms with van der Waals surface area (Å²) in [6.07, 6.45) is 3.76. The summed E-state index contributed by atoms with van der Waals surface area (Å²) in [6, 6.07) is 10.9. The molecule has 0 saturated heterocycles. The van der Waals surface area contributed by atoms with Crippen molar-refractivity contribution < 1.29 is 4.79 Å². The predicted molar refractivity (Wildman–Crippen MR) is 93.9 cm³/mol. The summed E-state index contributed by atoms with van der Waals surface area (Å²) in [7, 11) is 0. The lowest BCUT2D eigenvalue weighted by atomic mass is 10.2. The smallest absolute Gasteiger partial charge is 0.229 e. The molecule has 1 amide bonds. The third-order valence-electron chi connectivity index (χ3n) is 3.25. The lowest BCUT2D eigenvalue weighted by molar-refractivity contribution is -0.115. The van der Waals surface area contributed by atoms with Crippen LogP contribution in [0.1, 0.15) is 10.6 Å². The van der Waals surface area contributed by atoms with Gasteiger partial charge in [-0.05, 0) is 37.3 Å². The third-order valence-corrected chi connectivity index (χ3v) is 4.69. The monoisotopic (exact) mass is 343 g/mol. The van der Waals surface area contributed by atoms with Crippen molar-refractivity contribution >= 4 is 34.5 Å². The van der Waals surface area contributed by atoms with Crippen molar-refractivity contribution in [2.75, 3.05) is 5.32 Å². The molecule has 0 unspecified atom stereocenters. The summed E-state index contributed by atoms with van der Waals surface area (Å²) in [5.74, 6) is -0.0831. The molecule has 1 N–H and O–H groups in total. The third kappa shape index (κ3) is 3.94. The molecule has 0 aliphatic heterocycles. The quantitative estimate of drug-likeness (QED) is 0.766. The van der Waals surface area contributed by atoms with E-state index < -0.39 is 0 Å². The van der Waals surface area contributed by atoms with E-state index in [1.54, 1.807) is 30.6 Å². The van der Waals surface area contributed by atoms with E-state index in [0.29, 0.717) is 17.1 Å². The number of halogens is 1. The fourth-order valence-electron chi connectivity index (χ4n) is 2.13. The van der Waals surface area contributed by atoms with Crippen LogP contribution < -0.4 is 5.32 Å². The molecular formula is C17H14ClN3OS. The minimum atomic E-state index is -0.0831. The summed E-state index contributed by atoms with van der Waals surface area (Å²) < 4.78 is 0. The molecule has 0 aliphatic carbocycles. The molecular weight excluding hydrogens is 330 g/mol. The van der Waals surface area contributed by atoms with Crippen molar-refractivity contribution in [3.8, 4) is 10.6 Å². The molecule has 0 atom stereocenters. The molecule has 3 rings (SSSR count). The van der Waals surface area contributed by atoms with E-state index >= 15 is 0 Å². The van der Waals surface area contributed by atoms with Crippen LogP contribution in [0.3, 0.4) is 0 Å². The van der Waals surface area contributed by atoms with Crippen LogP contribution in [-0.2, 0) is 11.2 Å². The molecule has 0 fully saturated rings. The Kier molecular flexibility index (Phi) is 4.69. The predicted octanol–water partition coefficient (Wildman–Crippen LogP) is 4.35. The normalized spacial score (nSPS) is 10.5. The summed E-state index contributed by atoms with van der Waals surface area (Å²) in [6.45, 7) is 1.92. The Balaban J connectivity index is 1.73. The van der Waals surface area contributed by atoms with Gasteiger partial charge in [-0.1, -0.05) is 17.7 Å². The van der Waals surface area contributed by atoms with E-state index in [0.717, 1.165) is 21.1 Å². The van der Waals surface area contributed by atoms with Crippen LogP contribution in [-0.4, -0.2) is 15.9 Å². The molecule has 116 valence electrons. The number of nitrogens with zero attached hydrogens (tertiary/aromatic N) is 2. The van der Waals surface area contributed by atoms with Gasteiger partial charge in [-0.25, -0.2) is 4.98 Å². The zero-order chi connectivity index (χ0) is 16.2. The molecule has 0 saturated carbocycles. The molecule has 0 bridgehead atoms. The first-order valence-corrected chi connectivity index (χ1v) is 8.23. The number of aryl methyl sites for hydroxylation is 1. The molecule has 0 radical (unpaired) electrons. The van der Waals surface area contributed by atoms with E-state index in [1.807, 2.05) is 25.1 Å². The maximum absolute atomic E-state index is 12.2. The number of benzene rings is 1. The van der Waals surface area contributed by atoms with Crippen molar-refractivity contribution in [1.29, 1.82) is 0 Å². The number of nitrogens with one attached hydrogen (secondary N) is 1. The van der Waals surface area contributed by atoms with Gasteiger partial charge in [0, 0.05) is 33.5 Å². The average Bonchev–Trinajstić information content (AvgIpc) is 2.89. The highest BCUT2D eigenvalue weighted by Crippen LogP contribution is 2.28. The summed E-state index contributed by atoms with van der Waals surface area (Å²) in [5.41, 5.74) is 2.58. The Bertz CT molecular complexity index is 833. The molecule has 2 heterocycles. The van der Waals surface area contributed by atoms with Crippen molar-refractivity contribution in [2.24, 2.45) is 0 Å². The van der Waals surface area contributed by atoms with Gasteiger partial charge in [-0.15, -0.1) is 11.3 Å². The topological polar surface area (TPSA) is 54.9 Å². The Hall–Kier alpha value is -2.24. The number of aromatic nitrogens is 2. The highest BCUT2D eigenvalue weighted by molar-refractivity contribution is 7.15. The Labute approximate surface area is 143 Å². The van der Waals surface area contributed by atoms with Gasteiger partial charge in [-0.3, -0.25) is 9.78 Å². The first-order valence-electron chi connectivity index (χ1n) is 7.04. The van der Waals surface area contributed by atoms with E-state index in [-0.39, 0.29) is 5.91 Å². The number of pyridine rings is 1. The second-order valence-electron chi connectivity index (χ2n) is 5.00. The van der Waals surface area contributed by atoms with Gasteiger partial charge in [0.15, 0.2) is 0 Å². The molecule has 0 spiro atoms. The molecule has 2 aromatic heterocycles. The Morgan fingerprint density at radius 3 is 2.78 bits per heavy atom. The zero-order valence-corrected chi connectivity index (χ0v) is 14.0. The summed E-state index contributed by atoms with van der Waals surface area (Å²) in [4.78, 5) is 21.7. The lowest BCUT2D eigenvalue weighted by Crippen LogP contribution is -2.14. The van der Waals surface area contributed by atoms with Crippen LogP contribution >= 0.6 is 22.9 Å². The highest BCUT2D eigenvalue weighted by atomic mass is 35.5. The molecule has 23 heavy (non-hydrogen) atoms. The highest BCUT2D eigenvalue weighted by Gasteiger charge is 2.13. The maximum Gasteiger partial charge on any atom is 0.229 e. The molecule has 0 aliphatic rings. The number of hydrogen-bond donors (Lipinski definition) is 1. The largest absolute Gasteiger partial charge is 0.326 e. The summed E-state index contributed by atoms with van der Waals surface area (Å²) in [5, 5.41) is 4.35. The molecule has 6 heteroatoms. The van der Waals surface area contributed by atoms with Crippen LogP contribution in [0, 0.1) is 6.92 Å². The van der Waals surface area contributed by atoms with Gasteiger partial charge in [0.05, 0.1) is 12.1 Å². The standard InChI is InChI=1S/C17H14ClN3OS/c1-11-15(23-17(20-11)12-5-7-19-8-6-12)10-16(22)21-14-4-2-3-13(18)9-14/h2-9H,10H2,1H3,(H,21,22). The number of carbonyl (C=O) groups excluding carboxylic acids is 1. The van der Waals surface area contributed by atoms with Crippen molar-refractivity contribution in [2.45, 2.75) is 13.3 Å². The fraction of sp³-hybridized carbons (Fsp3) is 0.118. The summed E-state index contributed by atoms with van der Waals surface area (Å²) >= 11 is 7.45. The molecule has 4 nitrogen and oxygen atoms in total.